The molecule has 0 fully saturated rings. The van der Waals surface area contributed by atoms with Crippen molar-refractivity contribution in [3.8, 4) is 0 Å². The van der Waals surface area contributed by atoms with Crippen LogP contribution in [0.15, 0.2) is 30.3 Å². The quantitative estimate of drug-likeness (QED) is 0.930. The van der Waals surface area contributed by atoms with Gasteiger partial charge in [-0.25, -0.2) is 9.78 Å². The van der Waals surface area contributed by atoms with Crippen molar-refractivity contribution in [1.82, 2.24) is 9.36 Å². The van der Waals surface area contributed by atoms with Crippen LogP contribution in [0.3, 0.4) is 0 Å². The van der Waals surface area contributed by atoms with Gasteiger partial charge in [-0.3, -0.25) is 5.32 Å². The van der Waals surface area contributed by atoms with Crippen molar-refractivity contribution in [3.63, 3.8) is 0 Å². The molecule has 1 aromatic carbocycles. The number of benzene rings is 1. The normalized spacial score (nSPS) is 10.5. The van der Waals surface area contributed by atoms with Gasteiger partial charge in [0, 0.05) is 5.92 Å². The number of hydrogen-bond acceptors (Lipinski definition) is 5. The van der Waals surface area contributed by atoms with E-state index in [-0.39, 0.29) is 6.61 Å². The van der Waals surface area contributed by atoms with E-state index in [0.29, 0.717) is 11.9 Å². The molecular formula is C13H15N3O2S. The maximum absolute atomic E-state index is 11.6. The molecule has 1 aromatic heterocycles. The zero-order chi connectivity index (χ0) is 13.7. The molecule has 0 spiro atoms. The van der Waals surface area contributed by atoms with Crippen LogP contribution in [-0.2, 0) is 11.3 Å². The molecule has 1 amide bonds. The first-order valence-corrected chi connectivity index (χ1v) is 6.74. The first-order valence-electron chi connectivity index (χ1n) is 5.96. The molecule has 2 aromatic rings. The molecule has 0 aliphatic rings. The lowest BCUT2D eigenvalue weighted by Crippen LogP contribution is -2.14. The number of anilines is 1. The number of nitrogens with zero attached hydrogens (tertiary/aromatic N) is 2. The monoisotopic (exact) mass is 277 g/mol. The first-order chi connectivity index (χ1) is 9.15. The third-order valence-electron chi connectivity index (χ3n) is 2.36. The zero-order valence-electron chi connectivity index (χ0n) is 10.8. The lowest BCUT2D eigenvalue weighted by atomic mass is 10.2. The van der Waals surface area contributed by atoms with Gasteiger partial charge in [0.1, 0.15) is 11.6 Å². The van der Waals surface area contributed by atoms with Crippen LogP contribution in [0.1, 0.15) is 30.3 Å². The summed E-state index contributed by atoms with van der Waals surface area (Å²) in [5.41, 5.74) is 0.937. The molecule has 19 heavy (non-hydrogen) atoms. The maximum Gasteiger partial charge on any atom is 0.414 e. The van der Waals surface area contributed by atoms with Crippen molar-refractivity contribution >= 4 is 23.6 Å². The Bertz CT molecular complexity index is 540. The second kappa shape index (κ2) is 6.29. The average molecular weight is 277 g/mol. The molecule has 1 heterocycles. The van der Waals surface area contributed by atoms with Gasteiger partial charge in [0.05, 0.1) is 0 Å². The predicted molar refractivity (Wildman–Crippen MR) is 74.2 cm³/mol. The fourth-order valence-electron chi connectivity index (χ4n) is 1.37. The largest absolute Gasteiger partial charge is 0.444 e. The highest BCUT2D eigenvalue weighted by molar-refractivity contribution is 7.05. The Morgan fingerprint density at radius 1 is 1.37 bits per heavy atom. The van der Waals surface area contributed by atoms with Gasteiger partial charge in [0.15, 0.2) is 0 Å². The van der Waals surface area contributed by atoms with E-state index in [1.54, 1.807) is 0 Å². The van der Waals surface area contributed by atoms with Gasteiger partial charge in [-0.15, -0.1) is 0 Å². The summed E-state index contributed by atoms with van der Waals surface area (Å²) < 4.78 is 9.13. The van der Waals surface area contributed by atoms with E-state index >= 15 is 0 Å². The zero-order valence-corrected chi connectivity index (χ0v) is 11.6. The topological polar surface area (TPSA) is 64.1 Å². The third kappa shape index (κ3) is 4.03. The Morgan fingerprint density at radius 3 is 2.74 bits per heavy atom. The van der Waals surface area contributed by atoms with E-state index in [0.717, 1.165) is 10.6 Å². The highest BCUT2D eigenvalue weighted by Gasteiger charge is 2.10. The highest BCUT2D eigenvalue weighted by atomic mass is 32.1. The van der Waals surface area contributed by atoms with E-state index in [2.05, 4.69) is 14.7 Å². The van der Waals surface area contributed by atoms with Gasteiger partial charge in [0.25, 0.3) is 0 Å². The summed E-state index contributed by atoms with van der Waals surface area (Å²) in [6.07, 6.45) is -0.544. The molecule has 100 valence electrons. The number of nitrogens with one attached hydrogen (secondary N) is 1. The second-order valence-corrected chi connectivity index (χ2v) is 5.08. The van der Waals surface area contributed by atoms with Crippen LogP contribution < -0.4 is 5.32 Å². The standard InChI is InChI=1S/C13H15N3O2S/c1-9(2)11-14-12(16-19-11)15-13(17)18-8-10-6-4-3-5-7-10/h3-7,9H,8H2,1-2H3,(H,15,16,17). The molecule has 2 rings (SSSR count). The molecule has 0 atom stereocenters. The predicted octanol–water partition coefficient (Wildman–Crippen LogP) is 3.41. The number of amides is 1. The van der Waals surface area contributed by atoms with Gasteiger partial charge in [-0.2, -0.15) is 4.37 Å². The molecule has 1 N–H and O–H groups in total. The fraction of sp³-hybridized carbons (Fsp3) is 0.308. The first kappa shape index (κ1) is 13.5. The van der Waals surface area contributed by atoms with E-state index in [1.165, 1.54) is 11.5 Å². The smallest absolute Gasteiger partial charge is 0.414 e. The molecule has 0 saturated heterocycles. The van der Waals surface area contributed by atoms with Crippen LogP contribution >= 0.6 is 11.5 Å². The van der Waals surface area contributed by atoms with Crippen LogP contribution in [-0.4, -0.2) is 15.5 Å². The second-order valence-electron chi connectivity index (χ2n) is 4.30. The minimum atomic E-state index is -0.544. The van der Waals surface area contributed by atoms with Crippen molar-refractivity contribution in [2.75, 3.05) is 5.32 Å². The van der Waals surface area contributed by atoms with E-state index in [1.807, 2.05) is 44.2 Å². The van der Waals surface area contributed by atoms with Gasteiger partial charge < -0.3 is 4.74 Å². The van der Waals surface area contributed by atoms with Crippen LogP contribution in [0.2, 0.25) is 0 Å². The maximum atomic E-state index is 11.6. The summed E-state index contributed by atoms with van der Waals surface area (Å²) in [7, 11) is 0. The SMILES string of the molecule is CC(C)c1nc(NC(=O)OCc2ccccc2)ns1. The molecule has 0 radical (unpaired) electrons. The summed E-state index contributed by atoms with van der Waals surface area (Å²) in [5.74, 6) is 0.597. The molecule has 0 unspecified atom stereocenters. The van der Waals surface area contributed by atoms with E-state index < -0.39 is 6.09 Å². The molecule has 0 aliphatic heterocycles. The Balaban J connectivity index is 1.84. The number of ether oxygens (including phenoxy) is 1. The highest BCUT2D eigenvalue weighted by Crippen LogP contribution is 2.18. The summed E-state index contributed by atoms with van der Waals surface area (Å²) in [6.45, 7) is 4.28. The van der Waals surface area contributed by atoms with Crippen LogP contribution in [0.5, 0.6) is 0 Å². The molecule has 0 aliphatic carbocycles. The Kier molecular flexibility index (Phi) is 4.46. The van der Waals surface area contributed by atoms with Crippen molar-refractivity contribution < 1.29 is 9.53 Å². The fourth-order valence-corrected chi connectivity index (χ4v) is 1.98. The average Bonchev–Trinajstić information content (AvgIpc) is 2.86. The van der Waals surface area contributed by atoms with Crippen LogP contribution in [0.25, 0.3) is 0 Å². The van der Waals surface area contributed by atoms with E-state index in [9.17, 15) is 4.79 Å². The summed E-state index contributed by atoms with van der Waals surface area (Å²) >= 11 is 1.28. The van der Waals surface area contributed by atoms with Crippen LogP contribution in [0.4, 0.5) is 10.7 Å². The van der Waals surface area contributed by atoms with Gasteiger partial charge >= 0.3 is 6.09 Å². The molecule has 0 bridgehead atoms. The van der Waals surface area contributed by atoms with Crippen molar-refractivity contribution in [2.24, 2.45) is 0 Å². The van der Waals surface area contributed by atoms with Crippen molar-refractivity contribution in [2.45, 2.75) is 26.4 Å². The van der Waals surface area contributed by atoms with Gasteiger partial charge in [-0.05, 0) is 17.1 Å². The number of aromatic nitrogens is 2. The molecular weight excluding hydrogens is 262 g/mol. The summed E-state index contributed by atoms with van der Waals surface area (Å²) in [4.78, 5) is 15.8. The minimum Gasteiger partial charge on any atom is -0.444 e. The number of hydrogen-bond donors (Lipinski definition) is 1. The van der Waals surface area contributed by atoms with Crippen molar-refractivity contribution in [1.29, 1.82) is 0 Å². The Hall–Kier alpha value is -1.95. The Labute approximate surface area is 115 Å². The summed E-state index contributed by atoms with van der Waals surface area (Å²) in [6, 6.07) is 9.49. The van der Waals surface area contributed by atoms with E-state index in [4.69, 9.17) is 4.74 Å². The summed E-state index contributed by atoms with van der Waals surface area (Å²) in [5, 5.41) is 3.40. The molecule has 6 heteroatoms. The molecule has 5 nitrogen and oxygen atoms in total. The van der Waals surface area contributed by atoms with Gasteiger partial charge in [0.2, 0.25) is 5.95 Å². The lowest BCUT2D eigenvalue weighted by Gasteiger charge is -2.04. The number of carbonyl (C=O) groups is 1. The van der Waals surface area contributed by atoms with Crippen molar-refractivity contribution in [3.05, 3.63) is 40.9 Å². The lowest BCUT2D eigenvalue weighted by molar-refractivity contribution is 0.155. The number of rotatable bonds is 4. The van der Waals surface area contributed by atoms with Crippen LogP contribution in [0, 0.1) is 0 Å². The Morgan fingerprint density at radius 2 is 2.11 bits per heavy atom. The van der Waals surface area contributed by atoms with Gasteiger partial charge in [-0.1, -0.05) is 44.2 Å². The minimum absolute atomic E-state index is 0.230. The third-order valence-corrected chi connectivity index (χ3v) is 3.38. The molecule has 0 saturated carbocycles. The number of carbonyl (C=O) groups excluding carboxylic acids is 1.